The van der Waals surface area contributed by atoms with Gasteiger partial charge in [0.2, 0.25) is 0 Å². The zero-order chi connectivity index (χ0) is 11.7. The van der Waals surface area contributed by atoms with Gasteiger partial charge >= 0.3 is 0 Å². The number of rotatable bonds is 5. The van der Waals surface area contributed by atoms with E-state index in [2.05, 4.69) is 34.0 Å². The zero-order valence-corrected chi connectivity index (χ0v) is 11.4. The standard InChI is InChI=1S/C14H22N2S/c1-11(12-6-8-17-10-12)16(14-4-5-14)9-13-3-2-7-15-13/h6,8,10-11,13-15H,2-5,7,9H2,1H3. The molecule has 3 rings (SSSR count). The van der Waals surface area contributed by atoms with Crippen LogP contribution < -0.4 is 5.32 Å². The van der Waals surface area contributed by atoms with E-state index < -0.39 is 0 Å². The second-order valence-corrected chi connectivity index (χ2v) is 6.23. The first-order valence-corrected chi connectivity index (χ1v) is 7.80. The molecule has 0 radical (unpaired) electrons. The van der Waals surface area contributed by atoms with Gasteiger partial charge in [-0.3, -0.25) is 4.90 Å². The van der Waals surface area contributed by atoms with Crippen molar-refractivity contribution in [1.82, 2.24) is 10.2 Å². The Morgan fingerprint density at radius 1 is 1.47 bits per heavy atom. The highest BCUT2D eigenvalue weighted by atomic mass is 32.1. The SMILES string of the molecule is CC(c1ccsc1)N(CC1CCCN1)C1CC1. The lowest BCUT2D eigenvalue weighted by molar-refractivity contribution is 0.182. The molecule has 17 heavy (non-hydrogen) atoms. The number of hydrogen-bond donors (Lipinski definition) is 1. The molecule has 2 heterocycles. The van der Waals surface area contributed by atoms with Crippen LogP contribution in [0.15, 0.2) is 16.8 Å². The van der Waals surface area contributed by atoms with E-state index in [0.717, 1.165) is 12.1 Å². The van der Waals surface area contributed by atoms with E-state index in [4.69, 9.17) is 0 Å². The second kappa shape index (κ2) is 5.09. The summed E-state index contributed by atoms with van der Waals surface area (Å²) in [6.07, 6.45) is 5.53. The Hall–Kier alpha value is -0.380. The van der Waals surface area contributed by atoms with E-state index in [1.165, 1.54) is 44.3 Å². The summed E-state index contributed by atoms with van der Waals surface area (Å²) >= 11 is 1.82. The summed E-state index contributed by atoms with van der Waals surface area (Å²) in [5.41, 5.74) is 1.50. The van der Waals surface area contributed by atoms with Gasteiger partial charge < -0.3 is 5.32 Å². The third-order valence-electron chi connectivity index (χ3n) is 4.13. The Morgan fingerprint density at radius 2 is 2.35 bits per heavy atom. The molecule has 1 aliphatic heterocycles. The zero-order valence-electron chi connectivity index (χ0n) is 10.6. The summed E-state index contributed by atoms with van der Waals surface area (Å²) in [7, 11) is 0. The van der Waals surface area contributed by atoms with E-state index in [0.29, 0.717) is 6.04 Å². The van der Waals surface area contributed by atoms with Crippen molar-refractivity contribution in [3.05, 3.63) is 22.4 Å². The fourth-order valence-corrected chi connectivity index (χ4v) is 3.65. The number of nitrogens with one attached hydrogen (secondary N) is 1. The largest absolute Gasteiger partial charge is 0.313 e. The molecule has 1 aromatic rings. The van der Waals surface area contributed by atoms with Crippen molar-refractivity contribution >= 4 is 11.3 Å². The van der Waals surface area contributed by atoms with Gasteiger partial charge in [-0.05, 0) is 61.5 Å². The van der Waals surface area contributed by atoms with Crippen LogP contribution in [0.25, 0.3) is 0 Å². The van der Waals surface area contributed by atoms with Gasteiger partial charge in [0.15, 0.2) is 0 Å². The average molecular weight is 250 g/mol. The summed E-state index contributed by atoms with van der Waals surface area (Å²) in [6.45, 7) is 4.83. The highest BCUT2D eigenvalue weighted by Crippen LogP contribution is 2.35. The maximum Gasteiger partial charge on any atom is 0.0331 e. The van der Waals surface area contributed by atoms with E-state index >= 15 is 0 Å². The second-order valence-electron chi connectivity index (χ2n) is 5.45. The van der Waals surface area contributed by atoms with Crippen molar-refractivity contribution in [3.8, 4) is 0 Å². The third kappa shape index (κ3) is 2.72. The molecule has 1 aliphatic carbocycles. The van der Waals surface area contributed by atoms with Gasteiger partial charge in [0, 0.05) is 24.7 Å². The van der Waals surface area contributed by atoms with Gasteiger partial charge in [0.05, 0.1) is 0 Å². The van der Waals surface area contributed by atoms with Crippen LogP contribution >= 0.6 is 11.3 Å². The molecule has 2 nitrogen and oxygen atoms in total. The van der Waals surface area contributed by atoms with Crippen LogP contribution in [0.1, 0.15) is 44.2 Å². The molecule has 1 N–H and O–H groups in total. The van der Waals surface area contributed by atoms with Crippen molar-refractivity contribution in [2.75, 3.05) is 13.1 Å². The first kappa shape index (κ1) is 11.7. The number of nitrogens with zero attached hydrogens (tertiary/aromatic N) is 1. The molecule has 2 fully saturated rings. The Kier molecular flexibility index (Phi) is 3.50. The van der Waals surface area contributed by atoms with Crippen LogP contribution in [0.4, 0.5) is 0 Å². The minimum Gasteiger partial charge on any atom is -0.313 e. The molecule has 2 unspecified atom stereocenters. The summed E-state index contributed by atoms with van der Waals surface area (Å²) in [4.78, 5) is 2.73. The highest BCUT2D eigenvalue weighted by molar-refractivity contribution is 7.07. The first-order valence-electron chi connectivity index (χ1n) is 6.86. The van der Waals surface area contributed by atoms with Crippen LogP contribution in [-0.4, -0.2) is 30.1 Å². The quantitative estimate of drug-likeness (QED) is 0.864. The Bertz CT molecular complexity index is 339. The Labute approximate surface area is 108 Å². The topological polar surface area (TPSA) is 15.3 Å². The molecule has 0 amide bonds. The smallest absolute Gasteiger partial charge is 0.0331 e. The summed E-state index contributed by atoms with van der Waals surface area (Å²) in [6, 6.07) is 4.47. The predicted molar refractivity (Wildman–Crippen MR) is 73.5 cm³/mol. The van der Waals surface area contributed by atoms with Crippen molar-refractivity contribution in [3.63, 3.8) is 0 Å². The van der Waals surface area contributed by atoms with Crippen LogP contribution in [0.5, 0.6) is 0 Å². The molecule has 94 valence electrons. The van der Waals surface area contributed by atoms with Crippen LogP contribution in [-0.2, 0) is 0 Å². The Morgan fingerprint density at radius 3 is 2.94 bits per heavy atom. The van der Waals surface area contributed by atoms with E-state index in [9.17, 15) is 0 Å². The van der Waals surface area contributed by atoms with Gasteiger partial charge in [0.1, 0.15) is 0 Å². The number of thiophene rings is 1. The maximum absolute atomic E-state index is 3.63. The first-order chi connectivity index (χ1) is 8.34. The molecule has 2 aliphatic rings. The summed E-state index contributed by atoms with van der Waals surface area (Å²) < 4.78 is 0. The molecule has 0 bridgehead atoms. The predicted octanol–water partition coefficient (Wildman–Crippen LogP) is 3.03. The van der Waals surface area contributed by atoms with E-state index in [-0.39, 0.29) is 0 Å². The fourth-order valence-electron chi connectivity index (χ4n) is 2.90. The van der Waals surface area contributed by atoms with E-state index in [1.54, 1.807) is 0 Å². The lowest BCUT2D eigenvalue weighted by Crippen LogP contribution is -2.40. The molecule has 3 heteroatoms. The molecule has 1 aromatic heterocycles. The maximum atomic E-state index is 3.63. The molecule has 1 saturated heterocycles. The van der Waals surface area contributed by atoms with Crippen LogP contribution in [0.3, 0.4) is 0 Å². The normalized spacial score (nSPS) is 26.6. The van der Waals surface area contributed by atoms with Crippen LogP contribution in [0.2, 0.25) is 0 Å². The summed E-state index contributed by atoms with van der Waals surface area (Å²) in [5.74, 6) is 0. The average Bonchev–Trinajstić information content (AvgIpc) is 2.86. The fraction of sp³-hybridized carbons (Fsp3) is 0.714. The van der Waals surface area contributed by atoms with Gasteiger partial charge in [0.25, 0.3) is 0 Å². The van der Waals surface area contributed by atoms with Crippen molar-refractivity contribution in [2.45, 2.75) is 50.7 Å². The third-order valence-corrected chi connectivity index (χ3v) is 4.83. The van der Waals surface area contributed by atoms with Crippen molar-refractivity contribution in [2.24, 2.45) is 0 Å². The van der Waals surface area contributed by atoms with Gasteiger partial charge in [-0.2, -0.15) is 11.3 Å². The minimum absolute atomic E-state index is 0.594. The van der Waals surface area contributed by atoms with Crippen molar-refractivity contribution in [1.29, 1.82) is 0 Å². The molecule has 0 aromatic carbocycles. The highest BCUT2D eigenvalue weighted by Gasteiger charge is 2.34. The summed E-state index contributed by atoms with van der Waals surface area (Å²) in [5, 5.41) is 8.14. The lowest BCUT2D eigenvalue weighted by atomic mass is 10.1. The monoisotopic (exact) mass is 250 g/mol. The molecular weight excluding hydrogens is 228 g/mol. The minimum atomic E-state index is 0.594. The molecule has 0 spiro atoms. The van der Waals surface area contributed by atoms with Crippen molar-refractivity contribution < 1.29 is 0 Å². The van der Waals surface area contributed by atoms with Gasteiger partial charge in [-0.1, -0.05) is 0 Å². The molecular formula is C14H22N2S. The molecule has 2 atom stereocenters. The Balaban J connectivity index is 1.66. The van der Waals surface area contributed by atoms with E-state index in [1.807, 2.05) is 11.3 Å². The van der Waals surface area contributed by atoms with Gasteiger partial charge in [-0.25, -0.2) is 0 Å². The van der Waals surface area contributed by atoms with Gasteiger partial charge in [-0.15, -0.1) is 0 Å². The lowest BCUT2D eigenvalue weighted by Gasteiger charge is -2.31. The molecule has 1 saturated carbocycles. The number of hydrogen-bond acceptors (Lipinski definition) is 3. The van der Waals surface area contributed by atoms with Crippen LogP contribution in [0, 0.1) is 0 Å².